The number of para-hydroxylation sites is 1. The maximum atomic E-state index is 13.8. The number of amides is 2. The van der Waals surface area contributed by atoms with Gasteiger partial charge in [-0.05, 0) is 50.6 Å². The summed E-state index contributed by atoms with van der Waals surface area (Å²) < 4.78 is 15.9. The van der Waals surface area contributed by atoms with Crippen LogP contribution in [0.1, 0.15) is 49.8 Å². The van der Waals surface area contributed by atoms with Gasteiger partial charge in [-0.15, -0.1) is 11.3 Å². The molecule has 0 aliphatic rings. The van der Waals surface area contributed by atoms with Crippen LogP contribution in [-0.2, 0) is 4.74 Å². The molecule has 10 heteroatoms. The number of hydrogen-bond donors (Lipinski definition) is 1. The number of carbonyl (C=O) groups excluding carboxylic acids is 3. The average molecular weight is 562 g/mol. The molecule has 4 aromatic rings. The van der Waals surface area contributed by atoms with E-state index in [-0.39, 0.29) is 16.5 Å². The van der Waals surface area contributed by atoms with E-state index in [2.05, 4.69) is 5.32 Å². The first kappa shape index (κ1) is 28.6. The number of fused-ring (bicyclic) bond motifs is 1. The highest BCUT2D eigenvalue weighted by Gasteiger charge is 2.28. The van der Waals surface area contributed by atoms with Crippen LogP contribution in [-0.4, -0.2) is 62.1 Å². The Kier molecular flexibility index (Phi) is 8.69. The van der Waals surface area contributed by atoms with Crippen LogP contribution in [0.5, 0.6) is 11.5 Å². The van der Waals surface area contributed by atoms with Gasteiger partial charge in [0.05, 0.1) is 48.5 Å². The Labute approximate surface area is 236 Å². The topological polar surface area (TPSA) is 107 Å². The molecular formula is C30H31N3O6S. The zero-order chi connectivity index (χ0) is 29.0. The number of benzene rings is 2. The van der Waals surface area contributed by atoms with Crippen molar-refractivity contribution in [2.24, 2.45) is 0 Å². The molecule has 9 nitrogen and oxygen atoms in total. The molecule has 0 bridgehead atoms. The first-order valence-corrected chi connectivity index (χ1v) is 13.5. The second-order valence-electron chi connectivity index (χ2n) is 8.82. The summed E-state index contributed by atoms with van der Waals surface area (Å²) in [5.41, 5.74) is 2.78. The molecule has 0 unspecified atom stereocenters. The van der Waals surface area contributed by atoms with Crippen molar-refractivity contribution in [1.82, 2.24) is 9.88 Å². The van der Waals surface area contributed by atoms with Gasteiger partial charge in [-0.3, -0.25) is 9.59 Å². The van der Waals surface area contributed by atoms with Crippen LogP contribution in [0.3, 0.4) is 0 Å². The summed E-state index contributed by atoms with van der Waals surface area (Å²) in [6, 6.07) is 14.3. The van der Waals surface area contributed by atoms with Crippen LogP contribution in [0.4, 0.5) is 5.00 Å². The molecule has 2 heterocycles. The first-order valence-electron chi connectivity index (χ1n) is 12.7. The number of nitrogens with zero attached hydrogens (tertiary/aromatic N) is 2. The fourth-order valence-corrected chi connectivity index (χ4v) is 5.65. The lowest BCUT2D eigenvalue weighted by molar-refractivity contribution is 0.0601. The van der Waals surface area contributed by atoms with Gasteiger partial charge in [0, 0.05) is 30.1 Å². The molecule has 0 saturated heterocycles. The molecule has 0 spiro atoms. The maximum absolute atomic E-state index is 13.8. The zero-order valence-electron chi connectivity index (χ0n) is 23.3. The standard InChI is InChI=1S/C30H31N3O6S/c1-7-33(8-2)29(35)26-17(3)25(30(36)39-6)28(40-26)32-27(34)21-16-23(31-22-12-10-9-11-19(21)22)20-14-13-18(37-4)15-24(20)38-5/h9-16H,7-8H2,1-6H3,(H,32,34). The largest absolute Gasteiger partial charge is 0.497 e. The Balaban J connectivity index is 1.83. The number of carbonyl (C=O) groups is 3. The van der Waals surface area contributed by atoms with Crippen LogP contribution in [0.25, 0.3) is 22.2 Å². The van der Waals surface area contributed by atoms with E-state index < -0.39 is 11.9 Å². The average Bonchev–Trinajstić information content (AvgIpc) is 3.31. The van der Waals surface area contributed by atoms with Gasteiger partial charge >= 0.3 is 5.97 Å². The number of rotatable bonds is 9. The van der Waals surface area contributed by atoms with Gasteiger partial charge in [0.1, 0.15) is 16.5 Å². The van der Waals surface area contributed by atoms with Crippen molar-refractivity contribution >= 4 is 45.0 Å². The van der Waals surface area contributed by atoms with Crippen molar-refractivity contribution < 1.29 is 28.6 Å². The number of esters is 1. The minimum Gasteiger partial charge on any atom is -0.497 e. The van der Waals surface area contributed by atoms with Crippen LogP contribution in [0.15, 0.2) is 48.5 Å². The third-order valence-corrected chi connectivity index (χ3v) is 7.85. The summed E-state index contributed by atoms with van der Waals surface area (Å²) in [7, 11) is 4.39. The van der Waals surface area contributed by atoms with Crippen molar-refractivity contribution in [3.05, 3.63) is 70.1 Å². The van der Waals surface area contributed by atoms with Crippen molar-refractivity contribution in [1.29, 1.82) is 0 Å². The molecule has 0 radical (unpaired) electrons. The molecule has 0 fully saturated rings. The Hall–Kier alpha value is -4.44. The molecule has 2 amide bonds. The summed E-state index contributed by atoms with van der Waals surface area (Å²) in [5.74, 6) is -0.138. The fourth-order valence-electron chi connectivity index (χ4n) is 4.49. The van der Waals surface area contributed by atoms with E-state index >= 15 is 0 Å². The quantitative estimate of drug-likeness (QED) is 0.257. The number of pyridine rings is 1. The monoisotopic (exact) mass is 561 g/mol. The van der Waals surface area contributed by atoms with Gasteiger partial charge in [-0.1, -0.05) is 18.2 Å². The van der Waals surface area contributed by atoms with Crippen molar-refractivity contribution in [2.75, 3.05) is 39.7 Å². The molecule has 208 valence electrons. The van der Waals surface area contributed by atoms with Gasteiger partial charge < -0.3 is 24.4 Å². The Morgan fingerprint density at radius 1 is 0.975 bits per heavy atom. The molecule has 0 aliphatic carbocycles. The second kappa shape index (κ2) is 12.2. The van der Waals surface area contributed by atoms with Crippen molar-refractivity contribution in [3.63, 3.8) is 0 Å². The zero-order valence-corrected chi connectivity index (χ0v) is 24.1. The summed E-state index contributed by atoms with van der Waals surface area (Å²) in [6.07, 6.45) is 0. The Morgan fingerprint density at radius 3 is 2.35 bits per heavy atom. The number of nitrogens with one attached hydrogen (secondary N) is 1. The van der Waals surface area contributed by atoms with Crippen molar-refractivity contribution in [3.8, 4) is 22.8 Å². The molecule has 2 aromatic heterocycles. The lowest BCUT2D eigenvalue weighted by atomic mass is 10.0. The molecule has 2 aromatic carbocycles. The molecule has 1 N–H and O–H groups in total. The minimum atomic E-state index is -0.633. The molecule has 0 aliphatic heterocycles. The van der Waals surface area contributed by atoms with E-state index in [4.69, 9.17) is 19.2 Å². The number of thiophene rings is 1. The second-order valence-corrected chi connectivity index (χ2v) is 9.84. The number of ether oxygens (including phenoxy) is 3. The van der Waals surface area contributed by atoms with Crippen LogP contribution >= 0.6 is 11.3 Å². The number of aromatic nitrogens is 1. The molecule has 0 saturated carbocycles. The normalized spacial score (nSPS) is 10.8. The highest BCUT2D eigenvalue weighted by atomic mass is 32.1. The molecule has 4 rings (SSSR count). The number of methoxy groups -OCH3 is 3. The predicted octanol–water partition coefficient (Wildman–Crippen LogP) is 5.81. The molecule has 40 heavy (non-hydrogen) atoms. The number of anilines is 1. The van der Waals surface area contributed by atoms with Crippen LogP contribution < -0.4 is 14.8 Å². The highest BCUT2D eigenvalue weighted by Crippen LogP contribution is 2.37. The summed E-state index contributed by atoms with van der Waals surface area (Å²) >= 11 is 1.06. The SMILES string of the molecule is CCN(CC)C(=O)c1sc(NC(=O)c2cc(-c3ccc(OC)cc3OC)nc3ccccc23)c(C(=O)OC)c1C. The Bertz CT molecular complexity index is 1590. The lowest BCUT2D eigenvalue weighted by Crippen LogP contribution is -2.30. The Morgan fingerprint density at radius 2 is 1.70 bits per heavy atom. The minimum absolute atomic E-state index is 0.159. The van der Waals surface area contributed by atoms with Gasteiger partial charge in [0.25, 0.3) is 11.8 Å². The fraction of sp³-hybridized carbons (Fsp3) is 0.267. The predicted molar refractivity (Wildman–Crippen MR) is 156 cm³/mol. The van der Waals surface area contributed by atoms with E-state index in [1.165, 1.54) is 7.11 Å². The summed E-state index contributed by atoms with van der Waals surface area (Å²) in [4.78, 5) is 46.6. The summed E-state index contributed by atoms with van der Waals surface area (Å²) in [5, 5.41) is 3.75. The highest BCUT2D eigenvalue weighted by molar-refractivity contribution is 7.18. The van der Waals surface area contributed by atoms with E-state index in [0.717, 1.165) is 11.3 Å². The smallest absolute Gasteiger partial charge is 0.341 e. The lowest BCUT2D eigenvalue weighted by Gasteiger charge is -2.17. The molecule has 0 atom stereocenters. The molecular weight excluding hydrogens is 530 g/mol. The van der Waals surface area contributed by atoms with Crippen LogP contribution in [0.2, 0.25) is 0 Å². The third kappa shape index (κ3) is 5.35. The third-order valence-electron chi connectivity index (χ3n) is 6.65. The summed E-state index contributed by atoms with van der Waals surface area (Å²) in [6.45, 7) is 6.49. The van der Waals surface area contributed by atoms with E-state index in [1.54, 1.807) is 44.2 Å². The van der Waals surface area contributed by atoms with Gasteiger partial charge in [0.2, 0.25) is 0 Å². The van der Waals surface area contributed by atoms with Crippen LogP contribution in [0, 0.1) is 6.92 Å². The van der Waals surface area contributed by atoms with Gasteiger partial charge in [-0.25, -0.2) is 9.78 Å². The van der Waals surface area contributed by atoms with Gasteiger partial charge in [-0.2, -0.15) is 0 Å². The van der Waals surface area contributed by atoms with Gasteiger partial charge in [0.15, 0.2) is 0 Å². The van der Waals surface area contributed by atoms with E-state index in [1.807, 2.05) is 44.2 Å². The van der Waals surface area contributed by atoms with Crippen molar-refractivity contribution in [2.45, 2.75) is 20.8 Å². The number of hydrogen-bond acceptors (Lipinski definition) is 8. The van der Waals surface area contributed by atoms with E-state index in [0.29, 0.717) is 62.8 Å². The maximum Gasteiger partial charge on any atom is 0.341 e. The van der Waals surface area contributed by atoms with E-state index in [9.17, 15) is 14.4 Å². The first-order chi connectivity index (χ1) is 19.3.